The van der Waals surface area contributed by atoms with Gasteiger partial charge < -0.3 is 15.5 Å². The van der Waals surface area contributed by atoms with Crippen LogP contribution in [0.25, 0.3) is 0 Å². The highest BCUT2D eigenvalue weighted by atomic mass is 35.5. The second kappa shape index (κ2) is 8.61. The highest BCUT2D eigenvalue weighted by molar-refractivity contribution is 6.43. The zero-order valence-corrected chi connectivity index (χ0v) is 17.5. The van der Waals surface area contributed by atoms with Crippen LogP contribution in [0.15, 0.2) is 36.4 Å². The molecule has 0 saturated heterocycles. The van der Waals surface area contributed by atoms with E-state index in [1.807, 2.05) is 0 Å². The lowest BCUT2D eigenvalue weighted by molar-refractivity contribution is -0.266. The van der Waals surface area contributed by atoms with Gasteiger partial charge in [-0.25, -0.2) is 4.39 Å². The van der Waals surface area contributed by atoms with Gasteiger partial charge in [0, 0.05) is 5.56 Å². The minimum atomic E-state index is -5.19. The van der Waals surface area contributed by atoms with Crippen molar-refractivity contribution in [3.05, 3.63) is 57.8 Å². The van der Waals surface area contributed by atoms with Gasteiger partial charge in [0.2, 0.25) is 5.91 Å². The number of alkyl halides is 3. The Hall–Kier alpha value is -2.03. The van der Waals surface area contributed by atoms with E-state index in [0.717, 1.165) is 18.2 Å². The number of phenols is 1. The molecular formula is C20H19Cl2F4NO3. The molecule has 2 aromatic rings. The van der Waals surface area contributed by atoms with Crippen molar-refractivity contribution in [1.29, 1.82) is 0 Å². The lowest BCUT2D eigenvalue weighted by Gasteiger charge is -2.37. The predicted molar refractivity (Wildman–Crippen MR) is 106 cm³/mol. The second-order valence-electron chi connectivity index (χ2n) is 7.58. The fourth-order valence-corrected chi connectivity index (χ4v) is 3.55. The summed E-state index contributed by atoms with van der Waals surface area (Å²) in [7, 11) is 0. The molecule has 1 amide bonds. The minimum Gasteiger partial charge on any atom is -0.508 e. The zero-order chi connectivity index (χ0) is 22.9. The van der Waals surface area contributed by atoms with Crippen molar-refractivity contribution >= 4 is 34.8 Å². The SMILES string of the molecule is CC(C)(CC(O)(CC(=O)Nc1cccc(Cl)c1Cl)C(F)(F)F)c1cc(F)ccc1O. The molecule has 0 fully saturated rings. The number of halogens is 6. The third-order valence-electron chi connectivity index (χ3n) is 4.63. The summed E-state index contributed by atoms with van der Waals surface area (Å²) in [5, 5.41) is 22.6. The molecule has 0 aromatic heterocycles. The van der Waals surface area contributed by atoms with Gasteiger partial charge in [0.15, 0.2) is 5.60 Å². The molecule has 30 heavy (non-hydrogen) atoms. The molecule has 2 aromatic carbocycles. The topological polar surface area (TPSA) is 69.6 Å². The van der Waals surface area contributed by atoms with Gasteiger partial charge in [-0.3, -0.25) is 4.79 Å². The maximum atomic E-state index is 13.8. The summed E-state index contributed by atoms with van der Waals surface area (Å²) in [6, 6.07) is 7.06. The van der Waals surface area contributed by atoms with Gasteiger partial charge in [-0.05, 0) is 42.2 Å². The molecule has 2 rings (SSSR count). The molecule has 3 N–H and O–H groups in total. The van der Waals surface area contributed by atoms with Crippen LogP contribution in [-0.2, 0) is 10.2 Å². The average Bonchev–Trinajstić information content (AvgIpc) is 2.59. The van der Waals surface area contributed by atoms with E-state index in [1.165, 1.54) is 32.0 Å². The minimum absolute atomic E-state index is 0.0132. The first-order valence-electron chi connectivity index (χ1n) is 8.68. The van der Waals surface area contributed by atoms with Crippen LogP contribution in [0.3, 0.4) is 0 Å². The summed E-state index contributed by atoms with van der Waals surface area (Å²) in [6.45, 7) is 2.59. The zero-order valence-electron chi connectivity index (χ0n) is 15.9. The number of carbonyl (C=O) groups excluding carboxylic acids is 1. The van der Waals surface area contributed by atoms with E-state index in [2.05, 4.69) is 5.32 Å². The number of amides is 1. The Bertz CT molecular complexity index is 950. The molecular weight excluding hydrogens is 449 g/mol. The number of anilines is 1. The number of rotatable bonds is 6. The van der Waals surface area contributed by atoms with Gasteiger partial charge in [-0.15, -0.1) is 0 Å². The van der Waals surface area contributed by atoms with Gasteiger partial charge >= 0.3 is 6.18 Å². The van der Waals surface area contributed by atoms with Crippen molar-refractivity contribution in [3.63, 3.8) is 0 Å². The van der Waals surface area contributed by atoms with Crippen molar-refractivity contribution in [2.24, 2.45) is 0 Å². The number of hydrogen-bond acceptors (Lipinski definition) is 3. The molecule has 0 aliphatic carbocycles. The first kappa shape index (κ1) is 24.2. The smallest absolute Gasteiger partial charge is 0.417 e. The van der Waals surface area contributed by atoms with E-state index in [1.54, 1.807) is 0 Å². The van der Waals surface area contributed by atoms with E-state index in [4.69, 9.17) is 23.2 Å². The van der Waals surface area contributed by atoms with E-state index in [0.29, 0.717) is 0 Å². The number of nitrogens with one attached hydrogen (secondary N) is 1. The predicted octanol–water partition coefficient (Wildman–Crippen LogP) is 5.83. The van der Waals surface area contributed by atoms with Crippen LogP contribution < -0.4 is 5.32 Å². The summed E-state index contributed by atoms with van der Waals surface area (Å²) in [5.41, 5.74) is -5.15. The molecule has 0 spiro atoms. The lowest BCUT2D eigenvalue weighted by Crippen LogP contribution is -2.51. The number of aliphatic hydroxyl groups is 1. The van der Waals surface area contributed by atoms with E-state index < -0.39 is 47.5 Å². The van der Waals surface area contributed by atoms with Crippen LogP contribution in [0.2, 0.25) is 10.0 Å². The fraction of sp³-hybridized carbons (Fsp3) is 0.350. The Morgan fingerprint density at radius 1 is 1.13 bits per heavy atom. The third-order valence-corrected chi connectivity index (χ3v) is 5.45. The van der Waals surface area contributed by atoms with Crippen LogP contribution in [0.4, 0.5) is 23.2 Å². The standard InChI is InChI=1S/C20H19Cl2F4NO3/c1-18(2,12-8-11(23)6-7-15(12)28)10-19(30,20(24,25)26)9-16(29)27-14-5-3-4-13(21)17(14)22/h3-8,28,30H,9-10H2,1-2H3,(H,27,29). The number of phenolic OH excluding ortho intramolecular Hbond substituents is 1. The van der Waals surface area contributed by atoms with Crippen LogP contribution in [0.1, 0.15) is 32.3 Å². The molecule has 0 bridgehead atoms. The monoisotopic (exact) mass is 467 g/mol. The van der Waals surface area contributed by atoms with Gasteiger partial charge in [-0.2, -0.15) is 13.2 Å². The molecule has 10 heteroatoms. The molecule has 1 unspecified atom stereocenters. The van der Waals surface area contributed by atoms with Crippen molar-refractivity contribution in [1.82, 2.24) is 0 Å². The molecule has 164 valence electrons. The molecule has 4 nitrogen and oxygen atoms in total. The van der Waals surface area contributed by atoms with Gasteiger partial charge in [-0.1, -0.05) is 43.1 Å². The Kier molecular flexibility index (Phi) is 6.96. The number of benzene rings is 2. The quantitative estimate of drug-likeness (QED) is 0.468. The van der Waals surface area contributed by atoms with Crippen molar-refractivity contribution in [2.75, 3.05) is 5.32 Å². The van der Waals surface area contributed by atoms with Crippen LogP contribution in [0.5, 0.6) is 5.75 Å². The molecule has 0 saturated carbocycles. The highest BCUT2D eigenvalue weighted by Gasteiger charge is 2.57. The van der Waals surface area contributed by atoms with Gasteiger partial charge in [0.05, 0.1) is 22.2 Å². The van der Waals surface area contributed by atoms with Gasteiger partial charge in [0.1, 0.15) is 11.6 Å². The Morgan fingerprint density at radius 2 is 1.77 bits per heavy atom. The Labute approximate surface area is 180 Å². The first-order chi connectivity index (χ1) is 13.7. The Morgan fingerprint density at radius 3 is 2.37 bits per heavy atom. The largest absolute Gasteiger partial charge is 0.508 e. The normalized spacial score (nSPS) is 14.3. The first-order valence-corrected chi connectivity index (χ1v) is 9.44. The van der Waals surface area contributed by atoms with Crippen LogP contribution >= 0.6 is 23.2 Å². The summed E-state index contributed by atoms with van der Waals surface area (Å²) < 4.78 is 54.9. The fourth-order valence-electron chi connectivity index (χ4n) is 3.20. The third kappa shape index (κ3) is 5.36. The summed E-state index contributed by atoms with van der Waals surface area (Å²) >= 11 is 11.7. The molecule has 0 aliphatic heterocycles. The molecule has 0 aliphatic rings. The maximum Gasteiger partial charge on any atom is 0.417 e. The van der Waals surface area contributed by atoms with Crippen molar-refractivity contribution < 1.29 is 32.6 Å². The summed E-state index contributed by atoms with van der Waals surface area (Å²) in [5.74, 6) is -2.35. The highest BCUT2D eigenvalue weighted by Crippen LogP contribution is 2.45. The molecule has 0 radical (unpaired) electrons. The maximum absolute atomic E-state index is 13.8. The van der Waals surface area contributed by atoms with Crippen molar-refractivity contribution in [2.45, 2.75) is 43.9 Å². The Balaban J connectivity index is 2.32. The summed E-state index contributed by atoms with van der Waals surface area (Å²) in [6.07, 6.45) is -7.56. The molecule has 1 atom stereocenters. The number of carbonyl (C=O) groups is 1. The van der Waals surface area contributed by atoms with E-state index in [9.17, 15) is 32.6 Å². The number of hydrogen-bond donors (Lipinski definition) is 3. The lowest BCUT2D eigenvalue weighted by atomic mass is 9.73. The summed E-state index contributed by atoms with van der Waals surface area (Å²) in [4.78, 5) is 12.3. The number of aromatic hydroxyl groups is 1. The van der Waals surface area contributed by atoms with Crippen LogP contribution in [0, 0.1) is 5.82 Å². The van der Waals surface area contributed by atoms with Crippen LogP contribution in [-0.4, -0.2) is 27.9 Å². The molecule has 0 heterocycles. The average molecular weight is 468 g/mol. The van der Waals surface area contributed by atoms with E-state index in [-0.39, 0.29) is 21.3 Å². The van der Waals surface area contributed by atoms with Crippen molar-refractivity contribution in [3.8, 4) is 5.75 Å². The second-order valence-corrected chi connectivity index (χ2v) is 8.36. The van der Waals surface area contributed by atoms with E-state index >= 15 is 0 Å². The van der Waals surface area contributed by atoms with Gasteiger partial charge in [0.25, 0.3) is 0 Å².